The van der Waals surface area contributed by atoms with Crippen molar-refractivity contribution in [2.45, 2.75) is 19.4 Å². The number of pyridine rings is 1. The van der Waals surface area contributed by atoms with Crippen LogP contribution in [0.25, 0.3) is 10.9 Å². The van der Waals surface area contributed by atoms with Crippen molar-refractivity contribution in [1.82, 2.24) is 4.98 Å². The molecule has 2 N–H and O–H groups in total. The first kappa shape index (κ1) is 13.1. The first-order chi connectivity index (χ1) is 9.11. The fourth-order valence-corrected chi connectivity index (χ4v) is 1.98. The summed E-state index contributed by atoms with van der Waals surface area (Å²) in [4.78, 5) is 15.5. The van der Waals surface area contributed by atoms with Gasteiger partial charge in [0, 0.05) is 11.4 Å². The quantitative estimate of drug-likeness (QED) is 0.806. The number of carboxylic acid groups (broad SMARTS) is 1. The lowest BCUT2D eigenvalue weighted by atomic mass is 10.1. The van der Waals surface area contributed by atoms with E-state index >= 15 is 0 Å². The number of rotatable bonds is 5. The number of anilines is 1. The third kappa shape index (κ3) is 2.91. The molecule has 1 aromatic heterocycles. The largest absolute Gasteiger partial charge is 0.478 e. The zero-order chi connectivity index (χ0) is 13.8. The third-order valence-corrected chi connectivity index (χ3v) is 2.88. The minimum Gasteiger partial charge on any atom is -0.478 e. The molecule has 0 saturated heterocycles. The molecule has 0 aliphatic heterocycles. The summed E-state index contributed by atoms with van der Waals surface area (Å²) in [6.07, 6.45) is 2.69. The van der Waals surface area contributed by atoms with E-state index in [4.69, 9.17) is 5.11 Å². The molecule has 98 valence electrons. The van der Waals surface area contributed by atoms with Crippen LogP contribution in [0.1, 0.15) is 23.7 Å². The molecule has 0 bridgehead atoms. The van der Waals surface area contributed by atoms with Gasteiger partial charge in [-0.1, -0.05) is 12.1 Å². The van der Waals surface area contributed by atoms with E-state index in [1.807, 2.05) is 19.1 Å². The molecule has 0 aliphatic carbocycles. The van der Waals surface area contributed by atoms with Crippen LogP contribution in [0, 0.1) is 0 Å². The third-order valence-electron chi connectivity index (χ3n) is 2.88. The van der Waals surface area contributed by atoms with Crippen molar-refractivity contribution in [2.75, 3.05) is 5.32 Å². The van der Waals surface area contributed by atoms with Crippen molar-refractivity contribution in [2.24, 2.45) is 0 Å². The van der Waals surface area contributed by atoms with Gasteiger partial charge in [-0.25, -0.2) is 9.78 Å². The van der Waals surface area contributed by atoms with Gasteiger partial charge in [-0.2, -0.15) is 0 Å². The number of nitrogens with one attached hydrogen (secondary N) is 1. The van der Waals surface area contributed by atoms with Gasteiger partial charge in [0.1, 0.15) is 5.82 Å². The Labute approximate surface area is 111 Å². The zero-order valence-corrected chi connectivity index (χ0v) is 10.8. The van der Waals surface area contributed by atoms with Gasteiger partial charge in [0.2, 0.25) is 0 Å². The lowest BCUT2D eigenvalue weighted by molar-refractivity contribution is 0.0699. The van der Waals surface area contributed by atoms with Gasteiger partial charge < -0.3 is 10.4 Å². The number of hydrogen-bond acceptors (Lipinski definition) is 3. The van der Waals surface area contributed by atoms with E-state index in [2.05, 4.69) is 16.9 Å². The van der Waals surface area contributed by atoms with E-state index in [-0.39, 0.29) is 11.6 Å². The van der Waals surface area contributed by atoms with Gasteiger partial charge in [0.25, 0.3) is 0 Å². The van der Waals surface area contributed by atoms with Crippen LogP contribution in [0.2, 0.25) is 0 Å². The highest BCUT2D eigenvalue weighted by atomic mass is 16.4. The fourth-order valence-electron chi connectivity index (χ4n) is 1.98. The van der Waals surface area contributed by atoms with Gasteiger partial charge in [-0.15, -0.1) is 6.58 Å². The van der Waals surface area contributed by atoms with Gasteiger partial charge in [-0.05, 0) is 37.6 Å². The minimum atomic E-state index is -0.937. The van der Waals surface area contributed by atoms with E-state index in [0.717, 1.165) is 12.2 Å². The number of aromatic nitrogens is 1. The van der Waals surface area contributed by atoms with Gasteiger partial charge >= 0.3 is 5.97 Å². The Morgan fingerprint density at radius 1 is 1.47 bits per heavy atom. The summed E-state index contributed by atoms with van der Waals surface area (Å²) in [6, 6.07) is 8.93. The van der Waals surface area contributed by atoms with Crippen molar-refractivity contribution >= 4 is 22.7 Å². The van der Waals surface area contributed by atoms with Crippen LogP contribution in [0.3, 0.4) is 0 Å². The summed E-state index contributed by atoms with van der Waals surface area (Å²) in [5.41, 5.74) is 0.950. The normalized spacial score (nSPS) is 12.1. The van der Waals surface area contributed by atoms with Crippen molar-refractivity contribution in [3.05, 3.63) is 48.6 Å². The second-order valence-corrected chi connectivity index (χ2v) is 4.44. The fraction of sp³-hybridized carbons (Fsp3) is 0.200. The molecule has 2 rings (SSSR count). The van der Waals surface area contributed by atoms with Crippen LogP contribution < -0.4 is 5.32 Å². The van der Waals surface area contributed by atoms with Gasteiger partial charge in [0.15, 0.2) is 0 Å². The van der Waals surface area contributed by atoms with Crippen LogP contribution in [0.15, 0.2) is 43.0 Å². The van der Waals surface area contributed by atoms with Crippen molar-refractivity contribution < 1.29 is 9.90 Å². The van der Waals surface area contributed by atoms with E-state index in [1.165, 1.54) is 0 Å². The van der Waals surface area contributed by atoms with E-state index in [1.54, 1.807) is 24.3 Å². The first-order valence-corrected chi connectivity index (χ1v) is 6.12. The summed E-state index contributed by atoms with van der Waals surface area (Å²) >= 11 is 0. The van der Waals surface area contributed by atoms with Crippen molar-refractivity contribution in [1.29, 1.82) is 0 Å². The van der Waals surface area contributed by atoms with Crippen molar-refractivity contribution in [3.63, 3.8) is 0 Å². The number of carboxylic acids is 1. The smallest absolute Gasteiger partial charge is 0.336 e. The Kier molecular flexibility index (Phi) is 3.80. The highest BCUT2D eigenvalue weighted by molar-refractivity contribution is 6.02. The summed E-state index contributed by atoms with van der Waals surface area (Å²) in [5, 5.41) is 13.0. The van der Waals surface area contributed by atoms with Crippen LogP contribution >= 0.6 is 0 Å². The zero-order valence-electron chi connectivity index (χ0n) is 10.8. The van der Waals surface area contributed by atoms with Crippen molar-refractivity contribution in [3.8, 4) is 0 Å². The standard InChI is InChI=1S/C15H16N2O2/c1-3-5-10(2)16-14-9-8-11-12(15(18)19)6-4-7-13(11)17-14/h3-4,6-10H,1,5H2,2H3,(H,16,17)(H,18,19). The number of aromatic carboxylic acids is 1. The highest BCUT2D eigenvalue weighted by Gasteiger charge is 2.09. The maximum atomic E-state index is 11.1. The van der Waals surface area contributed by atoms with E-state index < -0.39 is 5.97 Å². The van der Waals surface area contributed by atoms with Crippen LogP contribution in [-0.2, 0) is 0 Å². The maximum Gasteiger partial charge on any atom is 0.336 e. The molecule has 0 radical (unpaired) electrons. The Hall–Kier alpha value is -2.36. The molecule has 0 aliphatic rings. The summed E-state index contributed by atoms with van der Waals surface area (Å²) in [6.45, 7) is 5.74. The number of benzene rings is 1. The monoisotopic (exact) mass is 256 g/mol. The van der Waals surface area contributed by atoms with Gasteiger partial charge in [-0.3, -0.25) is 0 Å². The van der Waals surface area contributed by atoms with Gasteiger partial charge in [0.05, 0.1) is 11.1 Å². The van der Waals surface area contributed by atoms with E-state index in [9.17, 15) is 4.79 Å². The Bertz CT molecular complexity index is 623. The number of fused-ring (bicyclic) bond motifs is 1. The Balaban J connectivity index is 2.36. The average Bonchev–Trinajstić information content (AvgIpc) is 2.37. The number of carbonyl (C=O) groups is 1. The number of nitrogens with zero attached hydrogens (tertiary/aromatic N) is 1. The molecule has 4 nitrogen and oxygen atoms in total. The molecule has 0 amide bonds. The lowest BCUT2D eigenvalue weighted by Gasteiger charge is -2.13. The molecular weight excluding hydrogens is 240 g/mol. The SMILES string of the molecule is C=CCC(C)Nc1ccc2c(C(=O)O)cccc2n1. The van der Waals surface area contributed by atoms with E-state index in [0.29, 0.717) is 10.9 Å². The lowest BCUT2D eigenvalue weighted by Crippen LogP contribution is -2.14. The summed E-state index contributed by atoms with van der Waals surface area (Å²) < 4.78 is 0. The molecule has 1 unspecified atom stereocenters. The predicted molar refractivity (Wildman–Crippen MR) is 76.6 cm³/mol. The molecule has 1 atom stereocenters. The molecule has 0 saturated carbocycles. The molecule has 2 aromatic rings. The Morgan fingerprint density at radius 2 is 2.26 bits per heavy atom. The van der Waals surface area contributed by atoms with Crippen LogP contribution in [-0.4, -0.2) is 22.1 Å². The molecule has 0 spiro atoms. The molecule has 1 heterocycles. The Morgan fingerprint density at radius 3 is 2.95 bits per heavy atom. The van der Waals surface area contributed by atoms with Crippen LogP contribution in [0.5, 0.6) is 0 Å². The topological polar surface area (TPSA) is 62.2 Å². The summed E-state index contributed by atoms with van der Waals surface area (Å²) in [5.74, 6) is -0.197. The second-order valence-electron chi connectivity index (χ2n) is 4.44. The predicted octanol–water partition coefficient (Wildman–Crippen LogP) is 3.31. The number of hydrogen-bond donors (Lipinski definition) is 2. The highest BCUT2D eigenvalue weighted by Crippen LogP contribution is 2.20. The summed E-state index contributed by atoms with van der Waals surface area (Å²) in [7, 11) is 0. The average molecular weight is 256 g/mol. The molecular formula is C15H16N2O2. The molecule has 0 fully saturated rings. The second kappa shape index (κ2) is 5.52. The van der Waals surface area contributed by atoms with Crippen LogP contribution in [0.4, 0.5) is 5.82 Å². The molecule has 19 heavy (non-hydrogen) atoms. The molecule has 4 heteroatoms. The molecule has 1 aromatic carbocycles. The minimum absolute atomic E-state index is 0.241. The maximum absolute atomic E-state index is 11.1. The first-order valence-electron chi connectivity index (χ1n) is 6.12.